The Morgan fingerprint density at radius 2 is 1.94 bits per heavy atom. The Kier molecular flexibility index (Phi) is 4.47. The van der Waals surface area contributed by atoms with Gasteiger partial charge in [-0.25, -0.2) is 0 Å². The van der Waals surface area contributed by atoms with E-state index in [1.165, 1.54) is 37.7 Å². The predicted molar refractivity (Wildman–Crippen MR) is 74.8 cm³/mol. The van der Waals surface area contributed by atoms with Gasteiger partial charge in [0.1, 0.15) is 0 Å². The topological polar surface area (TPSA) is 12.0 Å². The van der Waals surface area contributed by atoms with Crippen molar-refractivity contribution in [2.24, 2.45) is 0 Å². The highest BCUT2D eigenvalue weighted by atomic mass is 35.5. The third kappa shape index (κ3) is 2.83. The molecule has 94 valence electrons. The Balaban J connectivity index is 2.19. The average molecular weight is 252 g/mol. The van der Waals surface area contributed by atoms with Crippen LogP contribution in [0.25, 0.3) is 0 Å². The highest BCUT2D eigenvalue weighted by molar-refractivity contribution is 6.31. The minimum absolute atomic E-state index is 0.285. The van der Waals surface area contributed by atoms with Gasteiger partial charge in [-0.3, -0.25) is 0 Å². The zero-order chi connectivity index (χ0) is 12.1. The first-order valence-electron chi connectivity index (χ1n) is 6.74. The van der Waals surface area contributed by atoms with Crippen molar-refractivity contribution in [1.82, 2.24) is 5.32 Å². The van der Waals surface area contributed by atoms with Crippen molar-refractivity contribution < 1.29 is 0 Å². The molecule has 1 N–H and O–H groups in total. The fourth-order valence-electron chi connectivity index (χ4n) is 2.99. The van der Waals surface area contributed by atoms with Gasteiger partial charge in [0, 0.05) is 17.0 Å². The Morgan fingerprint density at radius 3 is 2.59 bits per heavy atom. The number of benzene rings is 1. The summed E-state index contributed by atoms with van der Waals surface area (Å²) in [5.74, 6) is 0. The lowest BCUT2D eigenvalue weighted by Crippen LogP contribution is -2.36. The number of rotatable bonds is 5. The molecular formula is C15H22ClN. The molecule has 0 radical (unpaired) electrons. The summed E-state index contributed by atoms with van der Waals surface area (Å²) in [7, 11) is 0. The predicted octanol–water partition coefficient (Wildman–Crippen LogP) is 4.15. The molecule has 1 aliphatic carbocycles. The first-order valence-corrected chi connectivity index (χ1v) is 7.12. The molecule has 0 heterocycles. The number of hydrogen-bond donors (Lipinski definition) is 1. The van der Waals surface area contributed by atoms with Crippen molar-refractivity contribution in [3.63, 3.8) is 0 Å². The molecular weight excluding hydrogens is 230 g/mol. The summed E-state index contributed by atoms with van der Waals surface area (Å²) in [5.41, 5.74) is 1.64. The lowest BCUT2D eigenvalue weighted by molar-refractivity contribution is 0.405. The highest BCUT2D eigenvalue weighted by Crippen LogP contribution is 2.43. The van der Waals surface area contributed by atoms with Crippen LogP contribution in [0.15, 0.2) is 24.3 Å². The normalized spacial score (nSPS) is 18.5. The maximum Gasteiger partial charge on any atom is 0.0444 e. The Hall–Kier alpha value is -0.530. The van der Waals surface area contributed by atoms with Crippen LogP contribution in [0, 0.1) is 0 Å². The summed E-state index contributed by atoms with van der Waals surface area (Å²) >= 11 is 6.38. The van der Waals surface area contributed by atoms with Crippen molar-refractivity contribution in [2.45, 2.75) is 44.4 Å². The van der Waals surface area contributed by atoms with E-state index < -0.39 is 0 Å². The molecule has 1 saturated carbocycles. The summed E-state index contributed by atoms with van der Waals surface area (Å²) < 4.78 is 0. The fraction of sp³-hybridized carbons (Fsp3) is 0.600. The van der Waals surface area contributed by atoms with E-state index in [1.807, 2.05) is 12.1 Å². The quantitative estimate of drug-likeness (QED) is 0.776. The average Bonchev–Trinajstić information content (AvgIpc) is 2.80. The van der Waals surface area contributed by atoms with Gasteiger partial charge in [-0.05, 0) is 37.4 Å². The molecule has 0 aliphatic heterocycles. The SMILES string of the molecule is CCCNCC1(c2ccccc2Cl)CCCC1. The van der Waals surface area contributed by atoms with Crippen molar-refractivity contribution in [2.75, 3.05) is 13.1 Å². The van der Waals surface area contributed by atoms with Gasteiger partial charge in [-0.1, -0.05) is 49.6 Å². The number of hydrogen-bond acceptors (Lipinski definition) is 1. The largest absolute Gasteiger partial charge is 0.316 e. The lowest BCUT2D eigenvalue weighted by atomic mass is 9.78. The van der Waals surface area contributed by atoms with Gasteiger partial charge in [0.05, 0.1) is 0 Å². The molecule has 0 amide bonds. The summed E-state index contributed by atoms with van der Waals surface area (Å²) in [6, 6.07) is 8.37. The van der Waals surface area contributed by atoms with E-state index in [-0.39, 0.29) is 5.41 Å². The number of halogens is 1. The molecule has 1 aromatic carbocycles. The van der Waals surface area contributed by atoms with Gasteiger partial charge in [0.25, 0.3) is 0 Å². The Morgan fingerprint density at radius 1 is 1.24 bits per heavy atom. The van der Waals surface area contributed by atoms with Crippen molar-refractivity contribution in [1.29, 1.82) is 0 Å². The Labute approximate surface area is 110 Å². The minimum Gasteiger partial charge on any atom is -0.316 e. The maximum atomic E-state index is 6.38. The minimum atomic E-state index is 0.285. The molecule has 0 unspecified atom stereocenters. The smallest absolute Gasteiger partial charge is 0.0444 e. The van der Waals surface area contributed by atoms with Crippen LogP contribution in [0.5, 0.6) is 0 Å². The molecule has 0 saturated heterocycles. The molecule has 0 atom stereocenters. The molecule has 0 aromatic heterocycles. The molecule has 1 aromatic rings. The molecule has 1 nitrogen and oxygen atoms in total. The molecule has 1 fully saturated rings. The van der Waals surface area contributed by atoms with Crippen molar-refractivity contribution in [3.05, 3.63) is 34.9 Å². The maximum absolute atomic E-state index is 6.38. The van der Waals surface area contributed by atoms with Crippen LogP contribution in [0.3, 0.4) is 0 Å². The van der Waals surface area contributed by atoms with Crippen LogP contribution >= 0.6 is 11.6 Å². The molecule has 1 aliphatic rings. The van der Waals surface area contributed by atoms with Gasteiger partial charge < -0.3 is 5.32 Å². The summed E-state index contributed by atoms with van der Waals surface area (Å²) in [4.78, 5) is 0. The van der Waals surface area contributed by atoms with E-state index in [0.717, 1.165) is 18.1 Å². The highest BCUT2D eigenvalue weighted by Gasteiger charge is 2.36. The van der Waals surface area contributed by atoms with E-state index in [0.29, 0.717) is 0 Å². The van der Waals surface area contributed by atoms with Gasteiger partial charge in [-0.2, -0.15) is 0 Å². The van der Waals surface area contributed by atoms with Gasteiger partial charge in [-0.15, -0.1) is 0 Å². The zero-order valence-electron chi connectivity index (χ0n) is 10.6. The second kappa shape index (κ2) is 5.88. The molecule has 2 rings (SSSR count). The van der Waals surface area contributed by atoms with E-state index in [2.05, 4.69) is 24.4 Å². The third-order valence-corrected chi connectivity index (χ3v) is 4.23. The van der Waals surface area contributed by atoms with Crippen LogP contribution < -0.4 is 5.32 Å². The van der Waals surface area contributed by atoms with Crippen LogP contribution in [-0.4, -0.2) is 13.1 Å². The van der Waals surface area contributed by atoms with E-state index >= 15 is 0 Å². The lowest BCUT2D eigenvalue weighted by Gasteiger charge is -2.31. The standard InChI is InChI=1S/C15H22ClN/c1-2-11-17-12-15(9-5-6-10-15)13-7-3-4-8-14(13)16/h3-4,7-8,17H,2,5-6,9-12H2,1H3. The van der Waals surface area contributed by atoms with Crippen molar-refractivity contribution in [3.8, 4) is 0 Å². The fourth-order valence-corrected chi connectivity index (χ4v) is 3.33. The van der Waals surface area contributed by atoms with Crippen LogP contribution in [0.4, 0.5) is 0 Å². The summed E-state index contributed by atoms with van der Waals surface area (Å²) in [6.45, 7) is 4.39. The molecule has 2 heteroatoms. The summed E-state index contributed by atoms with van der Waals surface area (Å²) in [5, 5.41) is 4.52. The van der Waals surface area contributed by atoms with Gasteiger partial charge >= 0.3 is 0 Å². The first-order chi connectivity index (χ1) is 8.28. The first kappa shape index (κ1) is 12.9. The van der Waals surface area contributed by atoms with E-state index in [9.17, 15) is 0 Å². The number of nitrogens with one attached hydrogen (secondary N) is 1. The zero-order valence-corrected chi connectivity index (χ0v) is 11.4. The van der Waals surface area contributed by atoms with E-state index in [4.69, 9.17) is 11.6 Å². The van der Waals surface area contributed by atoms with Crippen LogP contribution in [0.1, 0.15) is 44.6 Å². The Bertz CT molecular complexity index is 356. The third-order valence-electron chi connectivity index (χ3n) is 3.90. The van der Waals surface area contributed by atoms with Crippen LogP contribution in [0.2, 0.25) is 5.02 Å². The second-order valence-corrected chi connectivity index (χ2v) is 5.55. The van der Waals surface area contributed by atoms with Gasteiger partial charge in [0.2, 0.25) is 0 Å². The van der Waals surface area contributed by atoms with Crippen LogP contribution in [-0.2, 0) is 5.41 Å². The molecule has 0 spiro atoms. The van der Waals surface area contributed by atoms with Crippen molar-refractivity contribution >= 4 is 11.6 Å². The monoisotopic (exact) mass is 251 g/mol. The van der Waals surface area contributed by atoms with E-state index in [1.54, 1.807) is 0 Å². The molecule has 17 heavy (non-hydrogen) atoms. The summed E-state index contributed by atoms with van der Waals surface area (Å²) in [6.07, 6.45) is 6.40. The molecule has 0 bridgehead atoms. The van der Waals surface area contributed by atoms with Gasteiger partial charge in [0.15, 0.2) is 0 Å². The second-order valence-electron chi connectivity index (χ2n) is 5.14.